The lowest BCUT2D eigenvalue weighted by Gasteiger charge is -2.43. The SMILES string of the molecule is CNCC(CC(C)C)NC(=O)N1CCC[C@@H]([C@@](O)(CCCCOC)c2ccccc2OCCC2CC2)C1. The van der Waals surface area contributed by atoms with E-state index >= 15 is 0 Å². The molecule has 1 saturated heterocycles. The van der Waals surface area contributed by atoms with Gasteiger partial charge in [0.05, 0.1) is 12.2 Å². The van der Waals surface area contributed by atoms with Gasteiger partial charge in [-0.2, -0.15) is 0 Å². The molecule has 1 aromatic carbocycles. The summed E-state index contributed by atoms with van der Waals surface area (Å²) in [5, 5.41) is 18.9. The van der Waals surface area contributed by atoms with Gasteiger partial charge in [-0.05, 0) is 69.9 Å². The first-order chi connectivity index (χ1) is 17.9. The number of likely N-dealkylation sites (N-methyl/N-ethyl adjacent to an activating group) is 1. The second-order valence-corrected chi connectivity index (χ2v) is 11.6. The van der Waals surface area contributed by atoms with E-state index in [4.69, 9.17) is 9.47 Å². The van der Waals surface area contributed by atoms with Crippen LogP contribution in [0.1, 0.15) is 77.2 Å². The average molecular weight is 518 g/mol. The number of likely N-dealkylation sites (tertiary alicyclic amines) is 1. The maximum atomic E-state index is 13.3. The van der Waals surface area contributed by atoms with E-state index in [2.05, 4.69) is 24.5 Å². The van der Waals surface area contributed by atoms with Crippen molar-refractivity contribution in [1.29, 1.82) is 0 Å². The van der Waals surface area contributed by atoms with Crippen molar-refractivity contribution in [1.82, 2.24) is 15.5 Å². The third-order valence-electron chi connectivity index (χ3n) is 7.91. The summed E-state index contributed by atoms with van der Waals surface area (Å²) in [5.74, 6) is 2.02. The molecule has 1 heterocycles. The summed E-state index contributed by atoms with van der Waals surface area (Å²) in [6.45, 7) is 7.73. The van der Waals surface area contributed by atoms with Crippen LogP contribution in [0.5, 0.6) is 5.75 Å². The number of aliphatic hydroxyl groups is 1. The number of hydrogen-bond acceptors (Lipinski definition) is 5. The van der Waals surface area contributed by atoms with Crippen LogP contribution >= 0.6 is 0 Å². The minimum atomic E-state index is -1.06. The molecule has 0 spiro atoms. The molecule has 1 aliphatic carbocycles. The number of rotatable bonds is 16. The van der Waals surface area contributed by atoms with Crippen molar-refractivity contribution in [3.8, 4) is 5.75 Å². The van der Waals surface area contributed by atoms with Gasteiger partial charge in [0.15, 0.2) is 0 Å². The lowest BCUT2D eigenvalue weighted by Crippen LogP contribution is -2.54. The van der Waals surface area contributed by atoms with E-state index in [1.807, 2.05) is 36.2 Å². The second-order valence-electron chi connectivity index (χ2n) is 11.6. The summed E-state index contributed by atoms with van der Waals surface area (Å²) < 4.78 is 11.5. The molecule has 2 amide bonds. The van der Waals surface area contributed by atoms with E-state index < -0.39 is 5.60 Å². The Morgan fingerprint density at radius 2 is 1.97 bits per heavy atom. The Morgan fingerprint density at radius 1 is 1.19 bits per heavy atom. The standard InChI is InChI=1S/C30H51N3O4/c1-23(2)20-26(21-31-3)32-29(34)33-17-9-10-25(22-33)30(35,16-7-8-18-36-4)27-11-5-6-12-28(27)37-19-15-24-13-14-24/h5-6,11-12,23-26,31,35H,7-10,13-22H2,1-4H3,(H,32,34)/t25-,26?,30+/m1/s1. The van der Waals surface area contributed by atoms with Gasteiger partial charge in [-0.25, -0.2) is 4.79 Å². The molecule has 2 aliphatic rings. The van der Waals surface area contributed by atoms with E-state index in [-0.39, 0.29) is 18.0 Å². The van der Waals surface area contributed by atoms with Crippen molar-refractivity contribution in [3.05, 3.63) is 29.8 Å². The van der Waals surface area contributed by atoms with Gasteiger partial charge in [-0.3, -0.25) is 0 Å². The van der Waals surface area contributed by atoms with Crippen LogP contribution in [-0.4, -0.2) is 69.1 Å². The van der Waals surface area contributed by atoms with Crippen molar-refractivity contribution in [2.75, 3.05) is 47.0 Å². The lowest BCUT2D eigenvalue weighted by atomic mass is 9.73. The number of amides is 2. The summed E-state index contributed by atoms with van der Waals surface area (Å²) in [5.41, 5.74) is -0.200. The molecular formula is C30H51N3O4. The van der Waals surface area contributed by atoms with E-state index in [0.29, 0.717) is 32.1 Å². The molecule has 3 rings (SSSR count). The quantitative estimate of drug-likeness (QED) is 0.271. The van der Waals surface area contributed by atoms with E-state index in [1.165, 1.54) is 12.8 Å². The average Bonchev–Trinajstić information content (AvgIpc) is 3.71. The minimum Gasteiger partial charge on any atom is -0.493 e. The summed E-state index contributed by atoms with van der Waals surface area (Å²) in [6, 6.07) is 8.05. The number of benzene rings is 1. The summed E-state index contributed by atoms with van der Waals surface area (Å²) in [6.07, 6.45) is 8.73. The highest BCUT2D eigenvalue weighted by Crippen LogP contribution is 2.43. The number of nitrogens with one attached hydrogen (secondary N) is 2. The van der Waals surface area contributed by atoms with Crippen LogP contribution in [-0.2, 0) is 10.3 Å². The number of carbonyl (C=O) groups excluding carboxylic acids is 1. The van der Waals surface area contributed by atoms with Crippen LogP contribution < -0.4 is 15.4 Å². The summed E-state index contributed by atoms with van der Waals surface area (Å²) in [4.78, 5) is 15.2. The van der Waals surface area contributed by atoms with Gasteiger partial charge in [0.2, 0.25) is 0 Å². The Morgan fingerprint density at radius 3 is 2.68 bits per heavy atom. The Balaban J connectivity index is 1.76. The highest BCUT2D eigenvalue weighted by Gasteiger charge is 2.43. The first-order valence-electron chi connectivity index (χ1n) is 14.5. The Labute approximate surface area is 224 Å². The van der Waals surface area contributed by atoms with Crippen LogP contribution in [0.3, 0.4) is 0 Å². The number of ether oxygens (including phenoxy) is 2. The number of unbranched alkanes of at least 4 members (excludes halogenated alkanes) is 1. The highest BCUT2D eigenvalue weighted by atomic mass is 16.5. The largest absolute Gasteiger partial charge is 0.493 e. The van der Waals surface area contributed by atoms with Crippen molar-refractivity contribution in [2.24, 2.45) is 17.8 Å². The summed E-state index contributed by atoms with van der Waals surface area (Å²) in [7, 11) is 3.64. The van der Waals surface area contributed by atoms with Crippen molar-refractivity contribution >= 4 is 6.03 Å². The molecular weight excluding hydrogens is 466 g/mol. The Kier molecular flexibility index (Phi) is 12.0. The Bertz CT molecular complexity index is 816. The number of methoxy groups -OCH3 is 1. The minimum absolute atomic E-state index is 0.0266. The molecule has 0 bridgehead atoms. The number of urea groups is 1. The van der Waals surface area contributed by atoms with E-state index in [9.17, 15) is 9.90 Å². The van der Waals surface area contributed by atoms with Gasteiger partial charge in [0, 0.05) is 50.9 Å². The second kappa shape index (κ2) is 14.9. The topological polar surface area (TPSA) is 83.1 Å². The molecule has 1 unspecified atom stereocenters. The number of carbonyl (C=O) groups is 1. The molecule has 0 radical (unpaired) electrons. The van der Waals surface area contributed by atoms with Crippen LogP contribution in [0, 0.1) is 17.8 Å². The molecule has 1 aromatic rings. The van der Waals surface area contributed by atoms with Crippen molar-refractivity contribution < 1.29 is 19.4 Å². The molecule has 3 N–H and O–H groups in total. The molecule has 0 aromatic heterocycles. The molecule has 7 nitrogen and oxygen atoms in total. The fraction of sp³-hybridized carbons (Fsp3) is 0.767. The van der Waals surface area contributed by atoms with Gasteiger partial charge in [0.1, 0.15) is 5.75 Å². The van der Waals surface area contributed by atoms with E-state index in [0.717, 1.165) is 68.8 Å². The zero-order chi connectivity index (χ0) is 26.7. The number of hydrogen-bond donors (Lipinski definition) is 3. The van der Waals surface area contributed by atoms with Crippen molar-refractivity contribution in [2.45, 2.75) is 83.3 Å². The van der Waals surface area contributed by atoms with Gasteiger partial charge in [-0.1, -0.05) is 44.9 Å². The fourth-order valence-electron chi connectivity index (χ4n) is 5.72. The number of nitrogens with zero attached hydrogens (tertiary/aromatic N) is 1. The fourth-order valence-corrected chi connectivity index (χ4v) is 5.72. The van der Waals surface area contributed by atoms with E-state index in [1.54, 1.807) is 7.11 Å². The Hall–Kier alpha value is -1.83. The first-order valence-corrected chi connectivity index (χ1v) is 14.5. The molecule has 3 atom stereocenters. The molecule has 1 aliphatic heterocycles. The van der Waals surface area contributed by atoms with Gasteiger partial charge < -0.3 is 30.1 Å². The van der Waals surface area contributed by atoms with Crippen LogP contribution in [0.4, 0.5) is 4.79 Å². The lowest BCUT2D eigenvalue weighted by molar-refractivity contribution is -0.0580. The number of piperidine rings is 1. The van der Waals surface area contributed by atoms with Crippen LogP contribution in [0.2, 0.25) is 0 Å². The monoisotopic (exact) mass is 517 g/mol. The van der Waals surface area contributed by atoms with Crippen LogP contribution in [0.15, 0.2) is 24.3 Å². The van der Waals surface area contributed by atoms with Gasteiger partial charge in [-0.15, -0.1) is 0 Å². The maximum absolute atomic E-state index is 13.3. The van der Waals surface area contributed by atoms with Gasteiger partial charge in [0.25, 0.3) is 0 Å². The normalized spacial score (nSPS) is 20.5. The zero-order valence-corrected chi connectivity index (χ0v) is 23.6. The van der Waals surface area contributed by atoms with Gasteiger partial charge >= 0.3 is 6.03 Å². The molecule has 210 valence electrons. The molecule has 7 heteroatoms. The molecule has 1 saturated carbocycles. The summed E-state index contributed by atoms with van der Waals surface area (Å²) >= 11 is 0. The molecule has 2 fully saturated rings. The first kappa shape index (κ1) is 29.7. The smallest absolute Gasteiger partial charge is 0.317 e. The third kappa shape index (κ3) is 9.15. The highest BCUT2D eigenvalue weighted by molar-refractivity contribution is 5.74. The van der Waals surface area contributed by atoms with Crippen LogP contribution in [0.25, 0.3) is 0 Å². The number of para-hydroxylation sites is 1. The third-order valence-corrected chi connectivity index (χ3v) is 7.91. The maximum Gasteiger partial charge on any atom is 0.317 e. The van der Waals surface area contributed by atoms with Crippen molar-refractivity contribution in [3.63, 3.8) is 0 Å². The predicted molar refractivity (Wildman–Crippen MR) is 149 cm³/mol. The molecule has 37 heavy (non-hydrogen) atoms. The zero-order valence-electron chi connectivity index (χ0n) is 23.6. The predicted octanol–water partition coefficient (Wildman–Crippen LogP) is 4.93.